The Bertz CT molecular complexity index is 714. The molecule has 2 aliphatic rings. The first-order valence-corrected chi connectivity index (χ1v) is 7.86. The van der Waals surface area contributed by atoms with Gasteiger partial charge in [-0.15, -0.1) is 0 Å². The molecule has 1 fully saturated rings. The zero-order valence-electron chi connectivity index (χ0n) is 12.3. The van der Waals surface area contributed by atoms with Gasteiger partial charge in [0.25, 0.3) is 0 Å². The number of hydrogen-bond donors (Lipinski definition) is 1. The predicted octanol–water partition coefficient (Wildman–Crippen LogP) is 4.63. The highest BCUT2D eigenvalue weighted by Gasteiger charge is 2.55. The lowest BCUT2D eigenvalue weighted by Crippen LogP contribution is -2.42. The van der Waals surface area contributed by atoms with Gasteiger partial charge in [0.15, 0.2) is 0 Å². The monoisotopic (exact) mass is 276 g/mol. The van der Waals surface area contributed by atoms with Gasteiger partial charge in [-0.05, 0) is 47.1 Å². The molecule has 2 aromatic carbocycles. The summed E-state index contributed by atoms with van der Waals surface area (Å²) in [6.07, 6.45) is 2.93. The molecule has 1 saturated carbocycles. The second kappa shape index (κ2) is 4.57. The fourth-order valence-corrected chi connectivity index (χ4v) is 4.12. The van der Waals surface area contributed by atoms with Gasteiger partial charge in [-0.1, -0.05) is 61.5 Å². The second-order valence-electron chi connectivity index (χ2n) is 6.18. The minimum atomic E-state index is -0.634. The van der Waals surface area contributed by atoms with Crippen LogP contribution in [0.2, 0.25) is 0 Å². The van der Waals surface area contributed by atoms with Crippen molar-refractivity contribution < 1.29 is 5.11 Å². The van der Waals surface area contributed by atoms with Gasteiger partial charge in [0.2, 0.25) is 0 Å². The highest BCUT2D eigenvalue weighted by atomic mass is 16.3. The summed E-state index contributed by atoms with van der Waals surface area (Å²) in [5, 5.41) is 11.2. The van der Waals surface area contributed by atoms with Crippen LogP contribution < -0.4 is 0 Å². The first kappa shape index (κ1) is 12.8. The van der Waals surface area contributed by atoms with Crippen LogP contribution in [0, 0.1) is 0 Å². The molecule has 1 heteroatoms. The smallest absolute Gasteiger partial charge is 0.0973 e. The lowest BCUT2D eigenvalue weighted by atomic mass is 9.67. The van der Waals surface area contributed by atoms with Gasteiger partial charge in [0, 0.05) is 5.92 Å². The molecular formula is C20H20O. The van der Waals surface area contributed by atoms with Crippen LogP contribution in [0.5, 0.6) is 0 Å². The van der Waals surface area contributed by atoms with Crippen molar-refractivity contribution in [2.24, 2.45) is 0 Å². The average Bonchev–Trinajstić information content (AvgIpc) is 2.68. The number of rotatable bonds is 2. The molecule has 0 aliphatic heterocycles. The standard InChI is InChI=1S/C20H20O/c1-2-15(14-8-4-3-5-9-14)19-17-11-7-6-10-16(17)18-12-13-20(18,19)21/h3-11,18,21H,2,12-13H2,1H3/b19-15-. The van der Waals surface area contributed by atoms with Crippen LogP contribution in [-0.2, 0) is 0 Å². The van der Waals surface area contributed by atoms with E-state index in [-0.39, 0.29) is 0 Å². The average molecular weight is 276 g/mol. The first-order valence-electron chi connectivity index (χ1n) is 7.86. The van der Waals surface area contributed by atoms with Crippen molar-refractivity contribution >= 4 is 11.1 Å². The summed E-state index contributed by atoms with van der Waals surface area (Å²) >= 11 is 0. The third-order valence-corrected chi connectivity index (χ3v) is 5.21. The molecule has 2 atom stereocenters. The molecule has 0 amide bonds. The van der Waals surface area contributed by atoms with Crippen molar-refractivity contribution in [3.63, 3.8) is 0 Å². The van der Waals surface area contributed by atoms with E-state index in [0.29, 0.717) is 5.92 Å². The Morgan fingerprint density at radius 3 is 2.48 bits per heavy atom. The topological polar surface area (TPSA) is 20.2 Å². The first-order chi connectivity index (χ1) is 10.3. The summed E-state index contributed by atoms with van der Waals surface area (Å²) in [4.78, 5) is 0. The second-order valence-corrected chi connectivity index (χ2v) is 6.18. The van der Waals surface area contributed by atoms with Crippen molar-refractivity contribution in [3.05, 3.63) is 71.3 Å². The quantitative estimate of drug-likeness (QED) is 0.848. The van der Waals surface area contributed by atoms with E-state index in [1.54, 1.807) is 0 Å². The van der Waals surface area contributed by atoms with Crippen LogP contribution in [0.25, 0.3) is 11.1 Å². The minimum absolute atomic E-state index is 0.300. The molecule has 4 rings (SSSR count). The summed E-state index contributed by atoms with van der Waals surface area (Å²) in [6.45, 7) is 2.19. The Balaban J connectivity index is 1.99. The van der Waals surface area contributed by atoms with E-state index in [1.807, 2.05) is 6.07 Å². The maximum Gasteiger partial charge on any atom is 0.0973 e. The van der Waals surface area contributed by atoms with Crippen molar-refractivity contribution in [1.82, 2.24) is 0 Å². The predicted molar refractivity (Wildman–Crippen MR) is 86.9 cm³/mol. The number of benzene rings is 2. The van der Waals surface area contributed by atoms with Gasteiger partial charge in [0.05, 0.1) is 5.60 Å². The number of allylic oxidation sites excluding steroid dienone is 1. The molecule has 0 radical (unpaired) electrons. The zero-order valence-corrected chi connectivity index (χ0v) is 12.3. The van der Waals surface area contributed by atoms with Crippen molar-refractivity contribution in [2.45, 2.75) is 37.7 Å². The normalized spacial score (nSPS) is 28.6. The molecule has 1 nitrogen and oxygen atoms in total. The molecular weight excluding hydrogens is 256 g/mol. The third kappa shape index (κ3) is 1.67. The fraction of sp³-hybridized carbons (Fsp3) is 0.300. The van der Waals surface area contributed by atoms with E-state index < -0.39 is 5.60 Å². The molecule has 2 aliphatic carbocycles. The molecule has 21 heavy (non-hydrogen) atoms. The van der Waals surface area contributed by atoms with Crippen LogP contribution in [0.3, 0.4) is 0 Å². The highest BCUT2D eigenvalue weighted by Crippen LogP contribution is 2.61. The Hall–Kier alpha value is -1.86. The Morgan fingerprint density at radius 1 is 1.10 bits per heavy atom. The molecule has 0 spiro atoms. The lowest BCUT2D eigenvalue weighted by Gasteiger charge is -2.42. The van der Waals surface area contributed by atoms with Crippen molar-refractivity contribution in [1.29, 1.82) is 0 Å². The summed E-state index contributed by atoms with van der Waals surface area (Å²) in [6, 6.07) is 19.1. The summed E-state index contributed by atoms with van der Waals surface area (Å²) in [7, 11) is 0. The molecule has 0 heterocycles. The zero-order chi connectivity index (χ0) is 14.4. The minimum Gasteiger partial charge on any atom is -0.384 e. The molecule has 106 valence electrons. The van der Waals surface area contributed by atoms with Gasteiger partial charge in [-0.3, -0.25) is 0 Å². The van der Waals surface area contributed by atoms with E-state index in [9.17, 15) is 5.11 Å². The van der Waals surface area contributed by atoms with Gasteiger partial charge >= 0.3 is 0 Å². The van der Waals surface area contributed by atoms with Gasteiger partial charge < -0.3 is 5.11 Å². The van der Waals surface area contributed by atoms with E-state index in [4.69, 9.17) is 0 Å². The van der Waals surface area contributed by atoms with E-state index >= 15 is 0 Å². The van der Waals surface area contributed by atoms with Crippen LogP contribution in [0.1, 0.15) is 48.8 Å². The maximum atomic E-state index is 11.2. The Labute approximate surface area is 126 Å². The van der Waals surface area contributed by atoms with Crippen LogP contribution >= 0.6 is 0 Å². The third-order valence-electron chi connectivity index (χ3n) is 5.21. The Kier molecular flexibility index (Phi) is 2.80. The summed E-state index contributed by atoms with van der Waals surface area (Å²) < 4.78 is 0. The number of aliphatic hydroxyl groups is 1. The largest absolute Gasteiger partial charge is 0.384 e. The Morgan fingerprint density at radius 2 is 1.81 bits per heavy atom. The molecule has 2 aromatic rings. The number of fused-ring (bicyclic) bond motifs is 3. The molecule has 0 bridgehead atoms. The van der Waals surface area contributed by atoms with Gasteiger partial charge in [0.1, 0.15) is 0 Å². The van der Waals surface area contributed by atoms with Crippen molar-refractivity contribution in [3.8, 4) is 0 Å². The van der Waals surface area contributed by atoms with Crippen LogP contribution in [0.15, 0.2) is 54.6 Å². The van der Waals surface area contributed by atoms with E-state index in [1.165, 1.54) is 27.8 Å². The fourth-order valence-electron chi connectivity index (χ4n) is 4.12. The van der Waals surface area contributed by atoms with Crippen LogP contribution in [0.4, 0.5) is 0 Å². The van der Waals surface area contributed by atoms with Crippen LogP contribution in [-0.4, -0.2) is 10.7 Å². The van der Waals surface area contributed by atoms with Gasteiger partial charge in [-0.2, -0.15) is 0 Å². The summed E-state index contributed by atoms with van der Waals surface area (Å²) in [5.74, 6) is 0.300. The van der Waals surface area contributed by atoms with Gasteiger partial charge in [-0.25, -0.2) is 0 Å². The van der Waals surface area contributed by atoms with Crippen molar-refractivity contribution in [2.75, 3.05) is 0 Å². The molecule has 1 N–H and O–H groups in total. The number of hydrogen-bond acceptors (Lipinski definition) is 1. The lowest BCUT2D eigenvalue weighted by molar-refractivity contribution is 0.00512. The molecule has 2 unspecified atom stereocenters. The van der Waals surface area contributed by atoms with E-state index in [0.717, 1.165) is 19.3 Å². The molecule has 0 aromatic heterocycles. The SMILES string of the molecule is CC/C(=C1\c2ccccc2C2CCC12O)c1ccccc1. The molecule has 0 saturated heterocycles. The summed E-state index contributed by atoms with van der Waals surface area (Å²) in [5.41, 5.74) is 5.69. The van der Waals surface area contributed by atoms with E-state index in [2.05, 4.69) is 55.5 Å². The maximum absolute atomic E-state index is 11.2. The highest BCUT2D eigenvalue weighted by molar-refractivity contribution is 5.99.